The van der Waals surface area contributed by atoms with Crippen LogP contribution in [0.15, 0.2) is 47.4 Å². The van der Waals surface area contributed by atoms with E-state index in [9.17, 15) is 31.9 Å². The number of carbonyl (C=O) groups excluding carboxylic acids is 2. The number of alkyl halides is 4. The number of likely N-dealkylation sites (tertiary alicyclic amines) is 1. The predicted octanol–water partition coefficient (Wildman–Crippen LogP) is 5.06. The molecule has 0 unspecified atom stereocenters. The lowest BCUT2D eigenvalue weighted by atomic mass is 9.85. The number of carbonyl (C=O) groups is 2. The van der Waals surface area contributed by atoms with E-state index in [2.05, 4.69) is 25.3 Å². The summed E-state index contributed by atoms with van der Waals surface area (Å²) in [6, 6.07) is 7.95. The maximum absolute atomic E-state index is 13.6. The van der Waals surface area contributed by atoms with E-state index >= 15 is 0 Å². The van der Waals surface area contributed by atoms with Gasteiger partial charge in [0, 0.05) is 18.8 Å². The second-order valence-corrected chi connectivity index (χ2v) is 11.2. The third-order valence-corrected chi connectivity index (χ3v) is 7.58. The number of aromatic amines is 1. The number of H-pyrrole nitrogens is 1. The summed E-state index contributed by atoms with van der Waals surface area (Å²) >= 11 is 0. The van der Waals surface area contributed by atoms with E-state index < -0.39 is 43.0 Å². The molecule has 2 aliphatic rings. The van der Waals surface area contributed by atoms with Crippen LogP contribution in [-0.2, 0) is 6.54 Å². The highest BCUT2D eigenvalue weighted by Gasteiger charge is 2.46. The normalized spacial score (nSPS) is 15.7. The number of hydrogen-bond donors (Lipinski definition) is 3. The van der Waals surface area contributed by atoms with E-state index in [0.29, 0.717) is 24.4 Å². The molecule has 45 heavy (non-hydrogen) atoms. The largest absolute Gasteiger partial charge is 0.478 e. The molecule has 0 atom stereocenters. The van der Waals surface area contributed by atoms with E-state index in [1.54, 1.807) is 0 Å². The Hall–Kier alpha value is -4.46. The Morgan fingerprint density at radius 3 is 2.58 bits per heavy atom. The fourth-order valence-corrected chi connectivity index (χ4v) is 5.06. The average molecular weight is 632 g/mol. The van der Waals surface area contributed by atoms with Crippen molar-refractivity contribution in [3.8, 4) is 22.8 Å². The quantitative estimate of drug-likeness (QED) is 0.225. The van der Waals surface area contributed by atoms with Crippen LogP contribution in [0.2, 0.25) is 0 Å². The molecule has 1 aliphatic carbocycles. The van der Waals surface area contributed by atoms with Crippen molar-refractivity contribution in [2.24, 2.45) is 5.92 Å². The molecule has 2 fully saturated rings. The van der Waals surface area contributed by atoms with Crippen molar-refractivity contribution >= 4 is 17.6 Å². The predicted molar refractivity (Wildman–Crippen MR) is 157 cm³/mol. The molecule has 3 heterocycles. The number of aromatic nitrogens is 2. The van der Waals surface area contributed by atoms with Gasteiger partial charge < -0.3 is 30.0 Å². The number of nitrogens with one attached hydrogen (secondary N) is 3. The Morgan fingerprint density at radius 2 is 1.91 bits per heavy atom. The third kappa shape index (κ3) is 7.98. The molecule has 240 valence electrons. The van der Waals surface area contributed by atoms with Gasteiger partial charge in [-0.2, -0.15) is 13.8 Å². The molecular formula is C31H33F4N5O5. The number of hydrogen-bond acceptors (Lipinski definition) is 7. The zero-order valence-electron chi connectivity index (χ0n) is 24.5. The maximum atomic E-state index is 13.6. The van der Waals surface area contributed by atoms with Gasteiger partial charge in [0.25, 0.3) is 23.3 Å². The maximum Gasteiger partial charge on any atom is 0.387 e. The average Bonchev–Trinajstić information content (AvgIpc) is 2.96. The van der Waals surface area contributed by atoms with Gasteiger partial charge >= 0.3 is 6.61 Å². The molecule has 0 spiro atoms. The first-order chi connectivity index (χ1) is 21.5. The topological polar surface area (TPSA) is 126 Å². The molecule has 3 aromatic rings. The van der Waals surface area contributed by atoms with E-state index in [1.807, 2.05) is 6.92 Å². The van der Waals surface area contributed by atoms with Crippen LogP contribution in [0.5, 0.6) is 11.6 Å². The summed E-state index contributed by atoms with van der Waals surface area (Å²) in [5.74, 6) is -4.28. The molecule has 14 heteroatoms. The van der Waals surface area contributed by atoms with Gasteiger partial charge in [0.1, 0.15) is 17.1 Å². The molecular weight excluding hydrogens is 598 g/mol. The minimum absolute atomic E-state index is 0.0293. The van der Waals surface area contributed by atoms with Crippen LogP contribution < -0.4 is 25.7 Å². The van der Waals surface area contributed by atoms with Crippen molar-refractivity contribution in [1.82, 2.24) is 20.2 Å². The number of nitrogens with zero attached hydrogens (tertiary/aromatic N) is 2. The highest BCUT2D eigenvalue weighted by molar-refractivity contribution is 6.05. The molecule has 0 bridgehead atoms. The Labute approximate surface area is 256 Å². The number of amides is 2. The van der Waals surface area contributed by atoms with Crippen molar-refractivity contribution in [3.05, 3.63) is 69.6 Å². The summed E-state index contributed by atoms with van der Waals surface area (Å²) in [5, 5.41) is 5.93. The molecule has 1 saturated carbocycles. The first-order valence-electron chi connectivity index (χ1n) is 14.7. The van der Waals surface area contributed by atoms with Crippen molar-refractivity contribution in [2.45, 2.75) is 51.7 Å². The highest BCUT2D eigenvalue weighted by atomic mass is 19.3. The van der Waals surface area contributed by atoms with Crippen LogP contribution in [0, 0.1) is 5.92 Å². The van der Waals surface area contributed by atoms with Crippen LogP contribution >= 0.6 is 0 Å². The fourth-order valence-electron chi connectivity index (χ4n) is 5.06. The van der Waals surface area contributed by atoms with Crippen LogP contribution in [0.3, 0.4) is 0 Å². The molecule has 5 rings (SSSR count). The zero-order valence-corrected chi connectivity index (χ0v) is 24.5. The van der Waals surface area contributed by atoms with Gasteiger partial charge in [-0.25, -0.2) is 8.78 Å². The van der Waals surface area contributed by atoms with Gasteiger partial charge in [-0.05, 0) is 78.7 Å². The van der Waals surface area contributed by atoms with E-state index in [-0.39, 0.29) is 46.3 Å². The van der Waals surface area contributed by atoms with Crippen molar-refractivity contribution in [3.63, 3.8) is 0 Å². The van der Waals surface area contributed by atoms with E-state index in [0.717, 1.165) is 17.5 Å². The first kappa shape index (κ1) is 31.9. The lowest BCUT2D eigenvalue weighted by Gasteiger charge is -2.39. The van der Waals surface area contributed by atoms with Crippen molar-refractivity contribution in [2.75, 3.05) is 31.6 Å². The van der Waals surface area contributed by atoms with Gasteiger partial charge in [0.05, 0.1) is 25.3 Å². The summed E-state index contributed by atoms with van der Waals surface area (Å²) < 4.78 is 63.2. The van der Waals surface area contributed by atoms with Crippen LogP contribution in [0.25, 0.3) is 11.1 Å². The Bertz CT molecular complexity index is 1600. The molecule has 10 nitrogen and oxygen atoms in total. The number of anilines is 1. The van der Waals surface area contributed by atoms with Crippen LogP contribution in [-0.4, -0.2) is 65.5 Å². The summed E-state index contributed by atoms with van der Waals surface area (Å²) in [6.45, 7) is -1.39. The number of ether oxygens (including phenoxy) is 2. The van der Waals surface area contributed by atoms with E-state index in [1.165, 1.54) is 55.8 Å². The highest BCUT2D eigenvalue weighted by Crippen LogP contribution is 2.35. The second-order valence-electron chi connectivity index (χ2n) is 11.2. The summed E-state index contributed by atoms with van der Waals surface area (Å²) in [6.07, 6.45) is 5.75. The SMILES string of the molecule is CCCOc1cc(-c2ccc(OC(F)F)cc2C(=O)N2CC(F)(F)C2)cc(NC(=O)c2cc(CNCC3CCC3)c[nH]c2=O)n1. The van der Waals surface area contributed by atoms with Crippen LogP contribution in [0.1, 0.15) is 58.9 Å². The lowest BCUT2D eigenvalue weighted by Crippen LogP contribution is -2.58. The lowest BCUT2D eigenvalue weighted by molar-refractivity contribution is -0.113. The first-order valence-corrected chi connectivity index (χ1v) is 14.7. The van der Waals surface area contributed by atoms with Crippen LogP contribution in [0.4, 0.5) is 23.4 Å². The molecule has 1 aromatic carbocycles. The Kier molecular flexibility index (Phi) is 9.71. The zero-order chi connectivity index (χ0) is 32.1. The number of halogens is 4. The van der Waals surface area contributed by atoms with Crippen molar-refractivity contribution in [1.29, 1.82) is 0 Å². The summed E-state index contributed by atoms with van der Waals surface area (Å²) in [7, 11) is 0. The van der Waals surface area contributed by atoms with Gasteiger partial charge in [-0.15, -0.1) is 0 Å². The number of pyridine rings is 2. The number of benzene rings is 1. The monoisotopic (exact) mass is 631 g/mol. The third-order valence-electron chi connectivity index (χ3n) is 7.58. The fraction of sp³-hybridized carbons (Fsp3) is 0.419. The van der Waals surface area contributed by atoms with Crippen molar-refractivity contribution < 1.29 is 36.6 Å². The molecule has 0 radical (unpaired) electrons. The number of rotatable bonds is 13. The smallest absolute Gasteiger partial charge is 0.387 e. The van der Waals surface area contributed by atoms with Gasteiger partial charge in [-0.1, -0.05) is 13.3 Å². The molecule has 2 aromatic heterocycles. The van der Waals surface area contributed by atoms with E-state index in [4.69, 9.17) is 4.74 Å². The molecule has 3 N–H and O–H groups in total. The molecule has 2 amide bonds. The second kappa shape index (κ2) is 13.7. The minimum atomic E-state index is -3.18. The summed E-state index contributed by atoms with van der Waals surface area (Å²) in [4.78, 5) is 46.9. The minimum Gasteiger partial charge on any atom is -0.478 e. The molecule has 1 saturated heterocycles. The van der Waals surface area contributed by atoms with Gasteiger partial charge in [0.2, 0.25) is 5.88 Å². The standard InChI is InChI=1S/C31H33F4N5O5/c1-2-8-44-26-11-20(22-7-6-21(45-30(32)33)12-23(22)29(43)40-16-31(34,35)17-40)10-25(38-26)39-28(42)24-9-19(15-37-27(24)41)14-36-13-18-4-3-5-18/h6-7,9-12,15,18,30,36H,2-5,8,13-14,16-17H2,1H3,(H,37,41)(H,38,39,42). The van der Waals surface area contributed by atoms with Gasteiger partial charge in [-0.3, -0.25) is 14.4 Å². The Morgan fingerprint density at radius 1 is 1.13 bits per heavy atom. The van der Waals surface area contributed by atoms with Gasteiger partial charge in [0.15, 0.2) is 0 Å². The molecule has 1 aliphatic heterocycles. The summed E-state index contributed by atoms with van der Waals surface area (Å²) in [5.41, 5.74) is 0.222. The Balaban J connectivity index is 1.44.